The van der Waals surface area contributed by atoms with Crippen molar-refractivity contribution in [1.82, 2.24) is 4.57 Å². The van der Waals surface area contributed by atoms with Crippen molar-refractivity contribution in [2.24, 2.45) is 4.99 Å². The van der Waals surface area contributed by atoms with Crippen molar-refractivity contribution in [2.75, 3.05) is 38.3 Å². The van der Waals surface area contributed by atoms with E-state index in [1.54, 1.807) is 10.6 Å². The Labute approximate surface area is 199 Å². The average molecular weight is 485 g/mol. The summed E-state index contributed by atoms with van der Waals surface area (Å²) in [6.45, 7) is 5.87. The van der Waals surface area contributed by atoms with Gasteiger partial charge >= 0.3 is 5.97 Å². The number of rotatable bonds is 5. The molecule has 0 saturated carbocycles. The number of nitro groups is 1. The van der Waals surface area contributed by atoms with Crippen LogP contribution in [-0.4, -0.2) is 54.8 Å². The molecule has 2 heterocycles. The molecule has 1 aromatic heterocycles. The predicted octanol–water partition coefficient (Wildman–Crippen LogP) is 2.98. The van der Waals surface area contributed by atoms with Crippen molar-refractivity contribution in [1.29, 1.82) is 0 Å². The third kappa shape index (κ3) is 4.70. The highest BCUT2D eigenvalue weighted by atomic mass is 32.1. The second-order valence-electron chi connectivity index (χ2n) is 7.93. The minimum absolute atomic E-state index is 0.0955. The zero-order valence-electron chi connectivity index (χ0n) is 19.1. The third-order valence-corrected chi connectivity index (χ3v) is 6.82. The number of nitrogens with zero attached hydrogens (tertiary/aromatic N) is 4. The Hall–Kier alpha value is -3.57. The number of anilines is 1. The molecule has 1 aliphatic heterocycles. The molecule has 2 aromatic carbocycles. The molecule has 1 aliphatic rings. The summed E-state index contributed by atoms with van der Waals surface area (Å²) in [7, 11) is 1.30. The SMILES string of the molecule is COC(=O)Cn1c(=NC(=O)c2ccc(N3CCOCC3)c([N+](=O)[O-])c2)sc2cc(C)c(C)cc21. The molecule has 0 N–H and O–H groups in total. The number of esters is 1. The molecule has 3 aromatic rings. The van der Waals surface area contributed by atoms with Crippen LogP contribution in [0.15, 0.2) is 35.3 Å². The molecule has 1 amide bonds. The second-order valence-corrected chi connectivity index (χ2v) is 8.94. The van der Waals surface area contributed by atoms with Gasteiger partial charge in [-0.1, -0.05) is 11.3 Å². The summed E-state index contributed by atoms with van der Waals surface area (Å²) in [5.74, 6) is -1.10. The molecule has 10 nitrogen and oxygen atoms in total. The van der Waals surface area contributed by atoms with Crippen LogP contribution in [0.1, 0.15) is 21.5 Å². The number of hydrogen-bond donors (Lipinski definition) is 0. The van der Waals surface area contributed by atoms with Crippen LogP contribution in [0.3, 0.4) is 0 Å². The Morgan fingerprint density at radius 1 is 1.18 bits per heavy atom. The van der Waals surface area contributed by atoms with Gasteiger partial charge in [0, 0.05) is 24.7 Å². The first-order valence-electron chi connectivity index (χ1n) is 10.7. The number of amides is 1. The van der Waals surface area contributed by atoms with Gasteiger partial charge in [-0.05, 0) is 49.2 Å². The number of hydrogen-bond acceptors (Lipinski definition) is 8. The van der Waals surface area contributed by atoms with Crippen molar-refractivity contribution in [3.05, 3.63) is 61.9 Å². The van der Waals surface area contributed by atoms with E-state index >= 15 is 0 Å². The molecule has 0 spiro atoms. The molecule has 34 heavy (non-hydrogen) atoms. The highest BCUT2D eigenvalue weighted by Crippen LogP contribution is 2.30. The molecule has 1 saturated heterocycles. The number of carbonyl (C=O) groups excluding carboxylic acids is 2. The van der Waals surface area contributed by atoms with Gasteiger partial charge in [-0.2, -0.15) is 4.99 Å². The number of methoxy groups -OCH3 is 1. The summed E-state index contributed by atoms with van der Waals surface area (Å²) in [5.41, 5.74) is 3.26. The molecule has 0 radical (unpaired) electrons. The Morgan fingerprint density at radius 2 is 1.88 bits per heavy atom. The molecular weight excluding hydrogens is 460 g/mol. The zero-order valence-corrected chi connectivity index (χ0v) is 19.9. The smallest absolute Gasteiger partial charge is 0.325 e. The van der Waals surface area contributed by atoms with Crippen LogP contribution >= 0.6 is 11.3 Å². The fraction of sp³-hybridized carbons (Fsp3) is 0.348. The van der Waals surface area contributed by atoms with Crippen LogP contribution in [0.5, 0.6) is 0 Å². The van der Waals surface area contributed by atoms with E-state index in [0.29, 0.717) is 36.8 Å². The Morgan fingerprint density at radius 3 is 2.56 bits per heavy atom. The van der Waals surface area contributed by atoms with E-state index in [-0.39, 0.29) is 17.8 Å². The van der Waals surface area contributed by atoms with Crippen molar-refractivity contribution in [3.63, 3.8) is 0 Å². The fourth-order valence-corrected chi connectivity index (χ4v) is 4.89. The Kier molecular flexibility index (Phi) is 6.75. The topological polar surface area (TPSA) is 116 Å². The summed E-state index contributed by atoms with van der Waals surface area (Å²) < 4.78 is 12.6. The molecule has 0 unspecified atom stereocenters. The average Bonchev–Trinajstić information content (AvgIpc) is 3.14. The third-order valence-electron chi connectivity index (χ3n) is 5.78. The highest BCUT2D eigenvalue weighted by molar-refractivity contribution is 7.16. The van der Waals surface area contributed by atoms with Crippen LogP contribution in [-0.2, 0) is 20.8 Å². The number of carbonyl (C=O) groups is 2. The summed E-state index contributed by atoms with van der Waals surface area (Å²) in [6.07, 6.45) is 0. The summed E-state index contributed by atoms with van der Waals surface area (Å²) in [6, 6.07) is 8.29. The van der Waals surface area contributed by atoms with Gasteiger partial charge in [0.2, 0.25) is 0 Å². The quantitative estimate of drug-likeness (QED) is 0.310. The second kappa shape index (κ2) is 9.74. The lowest BCUT2D eigenvalue weighted by atomic mass is 10.1. The molecule has 11 heteroatoms. The van der Waals surface area contributed by atoms with E-state index in [1.165, 1.54) is 30.6 Å². The Bertz CT molecular complexity index is 1350. The first kappa shape index (κ1) is 23.6. The lowest BCUT2D eigenvalue weighted by molar-refractivity contribution is -0.384. The molecule has 4 rings (SSSR count). The lowest BCUT2D eigenvalue weighted by Gasteiger charge is -2.28. The first-order valence-corrected chi connectivity index (χ1v) is 11.5. The zero-order chi connectivity index (χ0) is 24.4. The van der Waals surface area contributed by atoms with Gasteiger partial charge in [-0.3, -0.25) is 19.7 Å². The van der Waals surface area contributed by atoms with Crippen molar-refractivity contribution in [2.45, 2.75) is 20.4 Å². The van der Waals surface area contributed by atoms with Crippen molar-refractivity contribution >= 4 is 44.8 Å². The van der Waals surface area contributed by atoms with Gasteiger partial charge in [-0.25, -0.2) is 0 Å². The van der Waals surface area contributed by atoms with E-state index in [0.717, 1.165) is 21.3 Å². The number of thiazole rings is 1. The minimum Gasteiger partial charge on any atom is -0.468 e. The van der Waals surface area contributed by atoms with Gasteiger partial charge in [0.1, 0.15) is 12.2 Å². The standard InChI is InChI=1S/C23H24N4O6S/c1-14-10-19-20(11-15(14)2)34-23(26(19)13-21(28)32-3)24-22(29)16-4-5-17(18(12-16)27(30)31)25-6-8-33-9-7-25/h4-5,10-12H,6-9,13H2,1-3H3. The van der Waals surface area contributed by atoms with Gasteiger partial charge in [0.15, 0.2) is 4.80 Å². The summed E-state index contributed by atoms with van der Waals surface area (Å²) in [4.78, 5) is 42.7. The molecule has 0 atom stereocenters. The van der Waals surface area contributed by atoms with E-state index in [9.17, 15) is 19.7 Å². The van der Waals surface area contributed by atoms with E-state index in [4.69, 9.17) is 9.47 Å². The van der Waals surface area contributed by atoms with Gasteiger partial charge in [0.05, 0.1) is 35.5 Å². The van der Waals surface area contributed by atoms with Gasteiger partial charge < -0.3 is 18.9 Å². The largest absolute Gasteiger partial charge is 0.468 e. The van der Waals surface area contributed by atoms with E-state index in [1.807, 2.05) is 30.9 Å². The number of ether oxygens (including phenoxy) is 2. The van der Waals surface area contributed by atoms with Crippen molar-refractivity contribution in [3.8, 4) is 0 Å². The summed E-state index contributed by atoms with van der Waals surface area (Å²) >= 11 is 1.27. The van der Waals surface area contributed by atoms with Gasteiger partial charge in [-0.15, -0.1) is 0 Å². The lowest BCUT2D eigenvalue weighted by Crippen LogP contribution is -2.36. The maximum Gasteiger partial charge on any atom is 0.325 e. The molecule has 1 fully saturated rings. The maximum atomic E-state index is 13.0. The van der Waals surface area contributed by atoms with E-state index in [2.05, 4.69) is 4.99 Å². The monoisotopic (exact) mass is 484 g/mol. The molecular formula is C23H24N4O6S. The highest BCUT2D eigenvalue weighted by Gasteiger charge is 2.23. The Balaban J connectivity index is 1.78. The number of fused-ring (bicyclic) bond motifs is 1. The molecule has 0 bridgehead atoms. The minimum atomic E-state index is -0.629. The number of morpholine rings is 1. The molecule has 0 aliphatic carbocycles. The maximum absolute atomic E-state index is 13.0. The fourth-order valence-electron chi connectivity index (χ4n) is 3.78. The molecule has 178 valence electrons. The predicted molar refractivity (Wildman–Crippen MR) is 127 cm³/mol. The van der Waals surface area contributed by atoms with Crippen LogP contribution in [0.4, 0.5) is 11.4 Å². The van der Waals surface area contributed by atoms with Crippen LogP contribution in [0.2, 0.25) is 0 Å². The number of aromatic nitrogens is 1. The normalized spacial score (nSPS) is 14.4. The number of aryl methyl sites for hydroxylation is 2. The van der Waals surface area contributed by atoms with Crippen LogP contribution < -0.4 is 9.70 Å². The van der Waals surface area contributed by atoms with E-state index < -0.39 is 16.8 Å². The summed E-state index contributed by atoms with van der Waals surface area (Å²) in [5, 5.41) is 11.7. The van der Waals surface area contributed by atoms with Crippen LogP contribution in [0, 0.1) is 24.0 Å². The van der Waals surface area contributed by atoms with Crippen LogP contribution in [0.25, 0.3) is 10.2 Å². The first-order chi connectivity index (χ1) is 16.3. The number of nitro benzene ring substituents is 1. The number of benzene rings is 2. The van der Waals surface area contributed by atoms with Crippen molar-refractivity contribution < 1.29 is 24.0 Å². The van der Waals surface area contributed by atoms with Gasteiger partial charge in [0.25, 0.3) is 11.6 Å².